The maximum absolute atomic E-state index is 5.64. The van der Waals surface area contributed by atoms with Crippen LogP contribution in [-0.2, 0) is 25.9 Å². The summed E-state index contributed by atoms with van der Waals surface area (Å²) < 4.78 is 7.62. The summed E-state index contributed by atoms with van der Waals surface area (Å²) in [7, 11) is 0. The molecule has 0 saturated carbocycles. The molecular weight excluding hydrogens is 226 g/mol. The lowest BCUT2D eigenvalue weighted by molar-refractivity contribution is 0.357. The molecule has 1 aliphatic heterocycles. The van der Waals surface area contributed by atoms with Gasteiger partial charge in [-0.3, -0.25) is 0 Å². The third-order valence-corrected chi connectivity index (χ3v) is 3.38. The average molecular weight is 243 g/mol. The number of rotatable bonds is 4. The zero-order valence-electron chi connectivity index (χ0n) is 10.3. The molecule has 0 amide bonds. The molecule has 2 N–H and O–H groups in total. The SMILES string of the molecule is NCc1nccn1CCc1ccc2c(c1)CCO2. The average Bonchev–Trinajstić information content (AvgIpc) is 3.04. The lowest BCUT2D eigenvalue weighted by atomic mass is 10.1. The molecule has 0 spiro atoms. The number of hydrogen-bond donors (Lipinski definition) is 1. The van der Waals surface area contributed by atoms with E-state index in [-0.39, 0.29) is 0 Å². The number of imidazole rings is 1. The minimum Gasteiger partial charge on any atom is -0.493 e. The smallest absolute Gasteiger partial charge is 0.122 e. The molecule has 4 nitrogen and oxygen atoms in total. The van der Waals surface area contributed by atoms with E-state index in [2.05, 4.69) is 27.8 Å². The largest absolute Gasteiger partial charge is 0.493 e. The van der Waals surface area contributed by atoms with Gasteiger partial charge in [-0.15, -0.1) is 0 Å². The van der Waals surface area contributed by atoms with E-state index in [4.69, 9.17) is 10.5 Å². The predicted octanol–water partition coefficient (Wildman–Crippen LogP) is 1.52. The van der Waals surface area contributed by atoms with Crippen molar-refractivity contribution >= 4 is 0 Å². The second-order valence-electron chi connectivity index (χ2n) is 4.53. The van der Waals surface area contributed by atoms with Crippen LogP contribution in [0.3, 0.4) is 0 Å². The third kappa shape index (κ3) is 2.11. The van der Waals surface area contributed by atoms with Gasteiger partial charge in [0.25, 0.3) is 0 Å². The second-order valence-corrected chi connectivity index (χ2v) is 4.53. The third-order valence-electron chi connectivity index (χ3n) is 3.38. The molecule has 18 heavy (non-hydrogen) atoms. The number of aromatic nitrogens is 2. The van der Waals surface area contributed by atoms with E-state index < -0.39 is 0 Å². The summed E-state index contributed by atoms with van der Waals surface area (Å²) >= 11 is 0. The van der Waals surface area contributed by atoms with Crippen molar-refractivity contribution < 1.29 is 4.74 Å². The van der Waals surface area contributed by atoms with Crippen LogP contribution in [0.15, 0.2) is 30.6 Å². The fourth-order valence-electron chi connectivity index (χ4n) is 2.38. The van der Waals surface area contributed by atoms with Crippen LogP contribution in [0, 0.1) is 0 Å². The highest BCUT2D eigenvalue weighted by Crippen LogP contribution is 2.26. The first-order valence-corrected chi connectivity index (χ1v) is 6.31. The normalized spacial score (nSPS) is 13.4. The fourth-order valence-corrected chi connectivity index (χ4v) is 2.38. The van der Waals surface area contributed by atoms with Gasteiger partial charge in [-0.2, -0.15) is 0 Å². The molecule has 3 rings (SSSR count). The molecule has 94 valence electrons. The van der Waals surface area contributed by atoms with Crippen LogP contribution in [0.2, 0.25) is 0 Å². The molecule has 0 saturated heterocycles. The molecule has 2 heterocycles. The van der Waals surface area contributed by atoms with E-state index in [0.717, 1.165) is 37.6 Å². The minimum absolute atomic E-state index is 0.491. The Morgan fingerprint density at radius 2 is 2.33 bits per heavy atom. The zero-order valence-corrected chi connectivity index (χ0v) is 10.3. The number of aryl methyl sites for hydroxylation is 2. The highest BCUT2D eigenvalue weighted by Gasteiger charge is 2.11. The van der Waals surface area contributed by atoms with Gasteiger partial charge in [0, 0.05) is 25.4 Å². The Bertz CT molecular complexity index is 548. The van der Waals surface area contributed by atoms with E-state index in [1.165, 1.54) is 11.1 Å². The van der Waals surface area contributed by atoms with Gasteiger partial charge in [-0.1, -0.05) is 12.1 Å². The summed E-state index contributed by atoms with van der Waals surface area (Å²) in [6.45, 7) is 2.23. The number of fused-ring (bicyclic) bond motifs is 1. The Labute approximate surface area is 106 Å². The van der Waals surface area contributed by atoms with Gasteiger partial charge in [0.05, 0.1) is 13.2 Å². The van der Waals surface area contributed by atoms with Crippen molar-refractivity contribution in [3.05, 3.63) is 47.5 Å². The summed E-state index contributed by atoms with van der Waals surface area (Å²) in [6, 6.07) is 6.47. The molecule has 1 aromatic heterocycles. The van der Waals surface area contributed by atoms with Crippen molar-refractivity contribution in [1.82, 2.24) is 9.55 Å². The molecule has 0 bridgehead atoms. The Morgan fingerprint density at radius 3 is 3.22 bits per heavy atom. The summed E-state index contributed by atoms with van der Waals surface area (Å²) in [4.78, 5) is 4.22. The van der Waals surface area contributed by atoms with Crippen LogP contribution < -0.4 is 10.5 Å². The quantitative estimate of drug-likeness (QED) is 0.885. The molecule has 0 radical (unpaired) electrons. The molecule has 4 heteroatoms. The first-order chi connectivity index (χ1) is 8.86. The van der Waals surface area contributed by atoms with E-state index in [9.17, 15) is 0 Å². The topological polar surface area (TPSA) is 53.1 Å². The maximum atomic E-state index is 5.64. The maximum Gasteiger partial charge on any atom is 0.122 e. The van der Waals surface area contributed by atoms with Gasteiger partial charge in [0.2, 0.25) is 0 Å². The van der Waals surface area contributed by atoms with Crippen LogP contribution in [-0.4, -0.2) is 16.2 Å². The fraction of sp³-hybridized carbons (Fsp3) is 0.357. The Hall–Kier alpha value is -1.81. The van der Waals surface area contributed by atoms with Gasteiger partial charge in [-0.25, -0.2) is 4.98 Å². The molecule has 2 aromatic rings. The van der Waals surface area contributed by atoms with Gasteiger partial charge < -0.3 is 15.0 Å². The van der Waals surface area contributed by atoms with Gasteiger partial charge in [0.15, 0.2) is 0 Å². The summed E-state index contributed by atoms with van der Waals surface area (Å²) in [5.41, 5.74) is 8.31. The van der Waals surface area contributed by atoms with Gasteiger partial charge in [-0.05, 0) is 23.6 Å². The number of hydrogen-bond acceptors (Lipinski definition) is 3. The molecule has 0 aliphatic carbocycles. The Morgan fingerprint density at radius 1 is 1.39 bits per heavy atom. The molecule has 0 atom stereocenters. The predicted molar refractivity (Wildman–Crippen MR) is 69.5 cm³/mol. The van der Waals surface area contributed by atoms with Crippen LogP contribution in [0.5, 0.6) is 5.75 Å². The van der Waals surface area contributed by atoms with Crippen molar-refractivity contribution in [3.8, 4) is 5.75 Å². The lowest BCUT2D eigenvalue weighted by Gasteiger charge is -2.07. The Kier molecular flexibility index (Phi) is 3.02. The summed E-state index contributed by atoms with van der Waals surface area (Å²) in [5, 5.41) is 0. The highest BCUT2D eigenvalue weighted by atomic mass is 16.5. The lowest BCUT2D eigenvalue weighted by Crippen LogP contribution is -2.09. The molecule has 1 aliphatic rings. The van der Waals surface area contributed by atoms with Crippen molar-refractivity contribution in [2.45, 2.75) is 25.9 Å². The number of nitrogens with two attached hydrogens (primary N) is 1. The Balaban J connectivity index is 1.70. The highest BCUT2D eigenvalue weighted by molar-refractivity contribution is 5.39. The van der Waals surface area contributed by atoms with Crippen LogP contribution in [0.4, 0.5) is 0 Å². The number of nitrogens with zero attached hydrogens (tertiary/aromatic N) is 2. The minimum atomic E-state index is 0.491. The zero-order chi connectivity index (χ0) is 12.4. The van der Waals surface area contributed by atoms with Crippen LogP contribution in [0.25, 0.3) is 0 Å². The first kappa shape index (κ1) is 11.3. The van der Waals surface area contributed by atoms with Crippen molar-refractivity contribution in [1.29, 1.82) is 0 Å². The van der Waals surface area contributed by atoms with E-state index >= 15 is 0 Å². The molecule has 0 unspecified atom stereocenters. The van der Waals surface area contributed by atoms with Crippen molar-refractivity contribution in [2.75, 3.05) is 6.61 Å². The van der Waals surface area contributed by atoms with Crippen LogP contribution in [0.1, 0.15) is 17.0 Å². The second kappa shape index (κ2) is 4.82. The standard InChI is InChI=1S/C14H17N3O/c15-10-14-16-5-7-17(14)6-3-11-1-2-13-12(9-11)4-8-18-13/h1-2,5,7,9H,3-4,6,8,10,15H2. The first-order valence-electron chi connectivity index (χ1n) is 6.31. The van der Waals surface area contributed by atoms with Crippen LogP contribution >= 0.6 is 0 Å². The number of benzene rings is 1. The van der Waals surface area contributed by atoms with Gasteiger partial charge in [0.1, 0.15) is 11.6 Å². The summed E-state index contributed by atoms with van der Waals surface area (Å²) in [5.74, 6) is 1.99. The van der Waals surface area contributed by atoms with Crippen molar-refractivity contribution in [2.24, 2.45) is 5.73 Å². The molecule has 1 aromatic carbocycles. The van der Waals surface area contributed by atoms with E-state index in [1.807, 2.05) is 6.20 Å². The van der Waals surface area contributed by atoms with E-state index in [1.54, 1.807) is 6.20 Å². The molecule has 0 fully saturated rings. The summed E-state index contributed by atoms with van der Waals surface area (Å²) in [6.07, 6.45) is 5.82. The monoisotopic (exact) mass is 243 g/mol. The van der Waals surface area contributed by atoms with Crippen molar-refractivity contribution in [3.63, 3.8) is 0 Å². The number of ether oxygens (including phenoxy) is 1. The van der Waals surface area contributed by atoms with Gasteiger partial charge >= 0.3 is 0 Å². The van der Waals surface area contributed by atoms with E-state index in [0.29, 0.717) is 6.54 Å². The molecular formula is C14H17N3O.